The highest BCUT2D eigenvalue weighted by Crippen LogP contribution is 2.18. The van der Waals surface area contributed by atoms with Crippen molar-refractivity contribution in [3.8, 4) is 17.1 Å². The predicted octanol–water partition coefficient (Wildman–Crippen LogP) is 3.05. The van der Waals surface area contributed by atoms with E-state index < -0.39 is 0 Å². The van der Waals surface area contributed by atoms with Crippen molar-refractivity contribution >= 4 is 5.91 Å². The maximum Gasteiger partial charge on any atom is 0.261 e. The van der Waals surface area contributed by atoms with Gasteiger partial charge in [0.05, 0.1) is 18.7 Å². The van der Waals surface area contributed by atoms with E-state index in [1.54, 1.807) is 17.7 Å². The first-order valence-electron chi connectivity index (χ1n) is 9.89. The number of nitrogens with zero attached hydrogens (tertiary/aromatic N) is 3. The molecular formula is C22H26N4O4. The molecule has 8 nitrogen and oxygen atoms in total. The molecule has 1 atom stereocenters. The van der Waals surface area contributed by atoms with Gasteiger partial charge in [-0.25, -0.2) is 0 Å². The fourth-order valence-electron chi connectivity index (χ4n) is 3.21. The highest BCUT2D eigenvalue weighted by atomic mass is 16.5. The van der Waals surface area contributed by atoms with Crippen LogP contribution in [-0.2, 0) is 17.8 Å². The number of aryl methyl sites for hydroxylation is 2. The second-order valence-corrected chi connectivity index (χ2v) is 7.01. The third kappa shape index (κ3) is 4.76. The average Bonchev–Trinajstić information content (AvgIpc) is 3.21. The van der Waals surface area contributed by atoms with Gasteiger partial charge in [0.25, 0.3) is 5.56 Å². The summed E-state index contributed by atoms with van der Waals surface area (Å²) in [4.78, 5) is 29.1. The van der Waals surface area contributed by atoms with Crippen LogP contribution in [0, 0.1) is 6.92 Å². The Labute approximate surface area is 174 Å². The number of hydrogen-bond donors (Lipinski definition) is 1. The minimum absolute atomic E-state index is 0.123. The second-order valence-electron chi connectivity index (χ2n) is 7.01. The molecule has 0 aliphatic heterocycles. The molecule has 2 aromatic heterocycles. The summed E-state index contributed by atoms with van der Waals surface area (Å²) in [7, 11) is 1.61. The molecule has 1 amide bonds. The largest absolute Gasteiger partial charge is 0.497 e. The van der Waals surface area contributed by atoms with E-state index in [1.165, 1.54) is 0 Å². The Morgan fingerprint density at radius 2 is 1.97 bits per heavy atom. The minimum Gasteiger partial charge on any atom is -0.497 e. The molecule has 0 aliphatic rings. The molecule has 0 saturated heterocycles. The molecule has 158 valence electrons. The molecule has 0 radical (unpaired) electrons. The van der Waals surface area contributed by atoms with E-state index in [9.17, 15) is 9.59 Å². The SMILES string of the molecule is CCn1c(C)ccc(-c2noc(CCC(=O)N[C@H](C)c3ccc(OC)cc3)n2)c1=O. The van der Waals surface area contributed by atoms with Gasteiger partial charge in [-0.2, -0.15) is 4.98 Å². The lowest BCUT2D eigenvalue weighted by molar-refractivity contribution is -0.121. The summed E-state index contributed by atoms with van der Waals surface area (Å²) in [5.74, 6) is 1.20. The van der Waals surface area contributed by atoms with Gasteiger partial charge in [0, 0.05) is 25.1 Å². The van der Waals surface area contributed by atoms with Crippen LogP contribution < -0.4 is 15.6 Å². The molecule has 0 bridgehead atoms. The fraction of sp³-hybridized carbons (Fsp3) is 0.364. The highest BCUT2D eigenvalue weighted by Gasteiger charge is 2.16. The number of nitrogens with one attached hydrogen (secondary N) is 1. The quantitative estimate of drug-likeness (QED) is 0.613. The van der Waals surface area contributed by atoms with Crippen molar-refractivity contribution in [3.63, 3.8) is 0 Å². The zero-order chi connectivity index (χ0) is 21.7. The maximum atomic E-state index is 12.6. The van der Waals surface area contributed by atoms with Gasteiger partial charge in [0.2, 0.25) is 17.6 Å². The van der Waals surface area contributed by atoms with Crippen molar-refractivity contribution in [3.05, 3.63) is 63.9 Å². The van der Waals surface area contributed by atoms with Crippen LogP contribution in [0.15, 0.2) is 45.7 Å². The average molecular weight is 410 g/mol. The Morgan fingerprint density at radius 1 is 1.23 bits per heavy atom. The van der Waals surface area contributed by atoms with Crippen LogP contribution in [-0.4, -0.2) is 27.7 Å². The molecule has 3 aromatic rings. The molecule has 1 N–H and O–H groups in total. The molecule has 0 unspecified atom stereocenters. The van der Waals surface area contributed by atoms with Crippen molar-refractivity contribution < 1.29 is 14.1 Å². The Kier molecular flexibility index (Phi) is 6.66. The van der Waals surface area contributed by atoms with Gasteiger partial charge in [0.1, 0.15) is 5.75 Å². The summed E-state index contributed by atoms with van der Waals surface area (Å²) in [6.45, 7) is 6.27. The number of aromatic nitrogens is 3. The van der Waals surface area contributed by atoms with Crippen LogP contribution in [0.25, 0.3) is 11.4 Å². The number of ether oxygens (including phenoxy) is 1. The van der Waals surface area contributed by atoms with E-state index >= 15 is 0 Å². The number of amides is 1. The maximum absolute atomic E-state index is 12.6. The van der Waals surface area contributed by atoms with Crippen molar-refractivity contribution in [2.45, 2.75) is 46.2 Å². The standard InChI is InChI=1S/C22H26N4O4/c1-5-26-14(2)6-11-18(22(26)28)21-24-20(30-25-21)13-12-19(27)23-15(3)16-7-9-17(29-4)10-8-16/h6-11,15H,5,12-13H2,1-4H3,(H,23,27)/t15-/m1/s1. The summed E-state index contributed by atoms with van der Waals surface area (Å²) in [5, 5.41) is 6.86. The number of benzene rings is 1. The summed E-state index contributed by atoms with van der Waals surface area (Å²) >= 11 is 0. The van der Waals surface area contributed by atoms with Crippen LogP contribution >= 0.6 is 0 Å². The molecule has 0 fully saturated rings. The monoisotopic (exact) mass is 410 g/mol. The van der Waals surface area contributed by atoms with Gasteiger partial charge in [-0.15, -0.1) is 0 Å². The van der Waals surface area contributed by atoms with Crippen molar-refractivity contribution in [2.75, 3.05) is 7.11 Å². The van der Waals surface area contributed by atoms with E-state index in [-0.39, 0.29) is 29.8 Å². The summed E-state index contributed by atoms with van der Waals surface area (Å²) in [5.41, 5.74) is 2.08. The topological polar surface area (TPSA) is 99.2 Å². The van der Waals surface area contributed by atoms with E-state index in [0.29, 0.717) is 24.4 Å². The normalized spacial score (nSPS) is 11.9. The van der Waals surface area contributed by atoms with E-state index in [2.05, 4.69) is 15.5 Å². The zero-order valence-corrected chi connectivity index (χ0v) is 17.6. The lowest BCUT2D eigenvalue weighted by atomic mass is 10.1. The molecule has 8 heteroatoms. The van der Waals surface area contributed by atoms with Gasteiger partial charge < -0.3 is 19.1 Å². The van der Waals surface area contributed by atoms with Crippen LogP contribution in [0.4, 0.5) is 0 Å². The second kappa shape index (κ2) is 9.39. The first-order valence-corrected chi connectivity index (χ1v) is 9.89. The number of hydrogen-bond acceptors (Lipinski definition) is 6. The van der Waals surface area contributed by atoms with E-state index in [4.69, 9.17) is 9.26 Å². The smallest absolute Gasteiger partial charge is 0.261 e. The van der Waals surface area contributed by atoms with Gasteiger partial charge >= 0.3 is 0 Å². The van der Waals surface area contributed by atoms with Gasteiger partial charge in [-0.1, -0.05) is 17.3 Å². The minimum atomic E-state index is -0.157. The van der Waals surface area contributed by atoms with Crippen LogP contribution in [0.2, 0.25) is 0 Å². The zero-order valence-electron chi connectivity index (χ0n) is 17.6. The first kappa shape index (κ1) is 21.3. The molecule has 2 heterocycles. The Bertz CT molecular complexity index is 1070. The number of carbonyl (C=O) groups excluding carboxylic acids is 1. The molecule has 3 rings (SSSR count). The molecule has 1 aromatic carbocycles. The van der Waals surface area contributed by atoms with Crippen LogP contribution in [0.3, 0.4) is 0 Å². The molecule has 0 aliphatic carbocycles. The lowest BCUT2D eigenvalue weighted by Crippen LogP contribution is -2.26. The Morgan fingerprint density at radius 3 is 2.63 bits per heavy atom. The summed E-state index contributed by atoms with van der Waals surface area (Å²) in [6.07, 6.45) is 0.497. The molecular weight excluding hydrogens is 384 g/mol. The fourth-order valence-corrected chi connectivity index (χ4v) is 3.21. The highest BCUT2D eigenvalue weighted by molar-refractivity contribution is 5.76. The number of carbonyl (C=O) groups is 1. The molecule has 0 spiro atoms. The number of pyridine rings is 1. The summed E-state index contributed by atoms with van der Waals surface area (Å²) in [6, 6.07) is 11.0. The van der Waals surface area contributed by atoms with Crippen molar-refractivity contribution in [1.29, 1.82) is 0 Å². The van der Waals surface area contributed by atoms with Crippen LogP contribution in [0.1, 0.15) is 43.5 Å². The van der Waals surface area contributed by atoms with Crippen molar-refractivity contribution in [1.82, 2.24) is 20.0 Å². The van der Waals surface area contributed by atoms with Gasteiger partial charge in [-0.05, 0) is 50.6 Å². The summed E-state index contributed by atoms with van der Waals surface area (Å²) < 4.78 is 12.0. The third-order valence-electron chi connectivity index (χ3n) is 4.98. The predicted molar refractivity (Wildman–Crippen MR) is 112 cm³/mol. The third-order valence-corrected chi connectivity index (χ3v) is 4.98. The van der Waals surface area contributed by atoms with E-state index in [0.717, 1.165) is 17.0 Å². The lowest BCUT2D eigenvalue weighted by Gasteiger charge is -2.14. The number of rotatable bonds is 8. The van der Waals surface area contributed by atoms with E-state index in [1.807, 2.05) is 51.1 Å². The van der Waals surface area contributed by atoms with Gasteiger partial charge in [0.15, 0.2) is 0 Å². The molecule has 0 saturated carbocycles. The Balaban J connectivity index is 1.60. The molecule has 30 heavy (non-hydrogen) atoms. The van der Waals surface area contributed by atoms with Crippen LogP contribution in [0.5, 0.6) is 5.75 Å². The first-order chi connectivity index (χ1) is 14.4. The van der Waals surface area contributed by atoms with Gasteiger partial charge in [-0.3, -0.25) is 9.59 Å². The van der Waals surface area contributed by atoms with Crippen molar-refractivity contribution in [2.24, 2.45) is 0 Å². The Hall–Kier alpha value is -3.42. The number of methoxy groups -OCH3 is 1.